The van der Waals surface area contributed by atoms with Gasteiger partial charge in [-0.3, -0.25) is 4.79 Å². The van der Waals surface area contributed by atoms with E-state index < -0.39 is 0 Å². The Hall–Kier alpha value is -2.95. The lowest BCUT2D eigenvalue weighted by atomic mass is 9.88. The Morgan fingerprint density at radius 1 is 0.923 bits per heavy atom. The Kier molecular flexibility index (Phi) is 4.78. The van der Waals surface area contributed by atoms with Crippen LogP contribution in [0.5, 0.6) is 0 Å². The minimum absolute atomic E-state index is 0.134. The highest BCUT2D eigenvalue weighted by molar-refractivity contribution is 5.94. The molecule has 2 N–H and O–H groups in total. The molecule has 1 saturated carbocycles. The Labute approximate surface area is 152 Å². The molecule has 0 aliphatic heterocycles. The van der Waals surface area contributed by atoms with Crippen LogP contribution in [0.3, 0.4) is 0 Å². The Morgan fingerprint density at radius 3 is 2.62 bits per heavy atom. The molecule has 0 bridgehead atoms. The third-order valence-electron chi connectivity index (χ3n) is 4.91. The van der Waals surface area contributed by atoms with Gasteiger partial charge >= 0.3 is 0 Å². The number of aromatic nitrogens is 2. The number of carbonyl (C=O) groups is 1. The van der Waals surface area contributed by atoms with Gasteiger partial charge in [-0.05, 0) is 43.2 Å². The molecule has 2 aromatic carbocycles. The summed E-state index contributed by atoms with van der Waals surface area (Å²) in [5, 5.41) is 7.37. The standard InChI is InChI=1S/C21H22N4O/c26-21(15-7-2-1-3-8-15)25-17-10-6-9-16(13-17)24-20-18-11-4-5-12-19(18)22-14-23-20/h4-6,9-15H,1-3,7-8H2,(H,25,26)(H,22,23,24). The van der Waals surface area contributed by atoms with E-state index >= 15 is 0 Å². The number of benzene rings is 2. The van der Waals surface area contributed by atoms with Gasteiger partial charge < -0.3 is 10.6 Å². The van der Waals surface area contributed by atoms with E-state index in [1.165, 1.54) is 6.42 Å². The number of carbonyl (C=O) groups excluding carboxylic acids is 1. The van der Waals surface area contributed by atoms with Crippen molar-refractivity contribution in [2.45, 2.75) is 32.1 Å². The van der Waals surface area contributed by atoms with Crippen LogP contribution in [0.25, 0.3) is 10.9 Å². The van der Waals surface area contributed by atoms with Gasteiger partial charge in [0.15, 0.2) is 0 Å². The predicted octanol–water partition coefficient (Wildman–Crippen LogP) is 4.89. The van der Waals surface area contributed by atoms with E-state index in [0.717, 1.165) is 53.8 Å². The molecular formula is C21H22N4O. The fourth-order valence-corrected chi connectivity index (χ4v) is 3.52. The summed E-state index contributed by atoms with van der Waals surface area (Å²) < 4.78 is 0. The highest BCUT2D eigenvalue weighted by atomic mass is 16.1. The lowest BCUT2D eigenvalue weighted by Gasteiger charge is -2.21. The Balaban J connectivity index is 1.51. The van der Waals surface area contributed by atoms with E-state index in [2.05, 4.69) is 20.6 Å². The van der Waals surface area contributed by atoms with Crippen LogP contribution >= 0.6 is 0 Å². The van der Waals surface area contributed by atoms with E-state index in [1.54, 1.807) is 6.33 Å². The average Bonchev–Trinajstić information content (AvgIpc) is 2.69. The number of amides is 1. The molecule has 0 spiro atoms. The van der Waals surface area contributed by atoms with Gasteiger partial charge in [-0.25, -0.2) is 9.97 Å². The second-order valence-electron chi connectivity index (χ2n) is 6.77. The molecule has 1 amide bonds. The van der Waals surface area contributed by atoms with Gasteiger partial charge in [0.2, 0.25) is 5.91 Å². The van der Waals surface area contributed by atoms with Crippen LogP contribution in [-0.4, -0.2) is 15.9 Å². The lowest BCUT2D eigenvalue weighted by molar-refractivity contribution is -0.120. The second kappa shape index (κ2) is 7.52. The van der Waals surface area contributed by atoms with Crippen molar-refractivity contribution in [3.63, 3.8) is 0 Å². The number of rotatable bonds is 4. The van der Waals surface area contributed by atoms with Gasteiger partial charge in [0.25, 0.3) is 0 Å². The summed E-state index contributed by atoms with van der Waals surface area (Å²) in [7, 11) is 0. The molecule has 0 radical (unpaired) electrons. The molecular weight excluding hydrogens is 324 g/mol. The van der Waals surface area contributed by atoms with Crippen LogP contribution in [0, 0.1) is 5.92 Å². The first-order chi connectivity index (χ1) is 12.8. The van der Waals surface area contributed by atoms with Gasteiger partial charge in [0, 0.05) is 22.7 Å². The van der Waals surface area contributed by atoms with Crippen molar-refractivity contribution in [2.75, 3.05) is 10.6 Å². The monoisotopic (exact) mass is 346 g/mol. The molecule has 1 aliphatic carbocycles. The van der Waals surface area contributed by atoms with Crippen molar-refractivity contribution in [2.24, 2.45) is 5.92 Å². The van der Waals surface area contributed by atoms with Gasteiger partial charge in [-0.2, -0.15) is 0 Å². The van der Waals surface area contributed by atoms with Gasteiger partial charge in [0.05, 0.1) is 5.52 Å². The van der Waals surface area contributed by atoms with Crippen molar-refractivity contribution in [1.29, 1.82) is 0 Å². The Bertz CT molecular complexity index is 913. The summed E-state index contributed by atoms with van der Waals surface area (Å²) in [4.78, 5) is 21.1. The molecule has 1 aliphatic rings. The molecule has 3 aromatic rings. The highest BCUT2D eigenvalue weighted by Crippen LogP contribution is 2.27. The van der Waals surface area contributed by atoms with Crippen molar-refractivity contribution in [3.05, 3.63) is 54.9 Å². The van der Waals surface area contributed by atoms with Gasteiger partial charge in [-0.1, -0.05) is 37.5 Å². The maximum atomic E-state index is 12.5. The first kappa shape index (κ1) is 16.5. The normalized spacial score (nSPS) is 14.9. The molecule has 0 unspecified atom stereocenters. The maximum Gasteiger partial charge on any atom is 0.227 e. The first-order valence-corrected chi connectivity index (χ1v) is 9.17. The number of hydrogen-bond donors (Lipinski definition) is 2. The van der Waals surface area contributed by atoms with Crippen LogP contribution in [0.4, 0.5) is 17.2 Å². The van der Waals surface area contributed by atoms with E-state index in [0.29, 0.717) is 0 Å². The summed E-state index contributed by atoms with van der Waals surface area (Å²) >= 11 is 0. The molecule has 5 heteroatoms. The molecule has 0 atom stereocenters. The van der Waals surface area contributed by atoms with E-state index in [1.807, 2.05) is 48.5 Å². The summed E-state index contributed by atoms with van der Waals surface area (Å²) in [5.41, 5.74) is 2.59. The number of nitrogens with zero attached hydrogens (tertiary/aromatic N) is 2. The smallest absolute Gasteiger partial charge is 0.227 e. The van der Waals surface area contributed by atoms with Crippen LogP contribution < -0.4 is 10.6 Å². The topological polar surface area (TPSA) is 66.9 Å². The molecule has 132 valence electrons. The first-order valence-electron chi connectivity index (χ1n) is 9.17. The number of anilines is 3. The lowest BCUT2D eigenvalue weighted by Crippen LogP contribution is -2.24. The van der Waals surface area contributed by atoms with Crippen molar-refractivity contribution < 1.29 is 4.79 Å². The third kappa shape index (κ3) is 3.67. The van der Waals surface area contributed by atoms with Crippen molar-refractivity contribution in [1.82, 2.24) is 9.97 Å². The van der Waals surface area contributed by atoms with Crippen LogP contribution in [-0.2, 0) is 4.79 Å². The molecule has 1 fully saturated rings. The predicted molar refractivity (Wildman–Crippen MR) is 104 cm³/mol. The quantitative estimate of drug-likeness (QED) is 0.706. The molecule has 5 nitrogen and oxygen atoms in total. The fraction of sp³-hybridized carbons (Fsp3) is 0.286. The minimum Gasteiger partial charge on any atom is -0.340 e. The number of hydrogen-bond acceptors (Lipinski definition) is 4. The largest absolute Gasteiger partial charge is 0.340 e. The zero-order chi connectivity index (χ0) is 17.8. The summed E-state index contributed by atoms with van der Waals surface area (Å²) in [6, 6.07) is 15.6. The van der Waals surface area contributed by atoms with Gasteiger partial charge in [0.1, 0.15) is 12.1 Å². The van der Waals surface area contributed by atoms with Crippen LogP contribution in [0.2, 0.25) is 0 Å². The van der Waals surface area contributed by atoms with Crippen LogP contribution in [0.15, 0.2) is 54.9 Å². The van der Waals surface area contributed by atoms with Crippen molar-refractivity contribution in [3.8, 4) is 0 Å². The number of para-hydroxylation sites is 1. The summed E-state index contributed by atoms with van der Waals surface area (Å²) in [5.74, 6) is 1.03. The zero-order valence-corrected chi connectivity index (χ0v) is 14.6. The zero-order valence-electron chi connectivity index (χ0n) is 14.6. The average molecular weight is 346 g/mol. The van der Waals surface area contributed by atoms with Crippen LogP contribution in [0.1, 0.15) is 32.1 Å². The van der Waals surface area contributed by atoms with Gasteiger partial charge in [-0.15, -0.1) is 0 Å². The minimum atomic E-state index is 0.134. The molecule has 26 heavy (non-hydrogen) atoms. The SMILES string of the molecule is O=C(Nc1cccc(Nc2ncnc3ccccc23)c1)C1CCCCC1. The summed E-state index contributed by atoms with van der Waals surface area (Å²) in [6.07, 6.45) is 7.10. The summed E-state index contributed by atoms with van der Waals surface area (Å²) in [6.45, 7) is 0. The van der Waals surface area contributed by atoms with Crippen molar-refractivity contribution >= 4 is 34.0 Å². The van der Waals surface area contributed by atoms with E-state index in [4.69, 9.17) is 0 Å². The van der Waals surface area contributed by atoms with E-state index in [9.17, 15) is 4.79 Å². The van der Waals surface area contributed by atoms with E-state index in [-0.39, 0.29) is 11.8 Å². The second-order valence-corrected chi connectivity index (χ2v) is 6.77. The Morgan fingerprint density at radius 2 is 1.73 bits per heavy atom. The molecule has 1 aromatic heterocycles. The number of nitrogens with one attached hydrogen (secondary N) is 2. The maximum absolute atomic E-state index is 12.5. The molecule has 4 rings (SSSR count). The third-order valence-corrected chi connectivity index (χ3v) is 4.91. The number of fused-ring (bicyclic) bond motifs is 1. The molecule has 1 heterocycles. The molecule has 0 saturated heterocycles. The highest BCUT2D eigenvalue weighted by Gasteiger charge is 2.21. The fourth-order valence-electron chi connectivity index (χ4n) is 3.52.